The summed E-state index contributed by atoms with van der Waals surface area (Å²) in [4.78, 5) is 0. The summed E-state index contributed by atoms with van der Waals surface area (Å²) < 4.78 is 28.9. The maximum absolute atomic E-state index is 11.6. The molecule has 2 N–H and O–H groups in total. The van der Waals surface area contributed by atoms with Gasteiger partial charge in [0.15, 0.2) is 9.84 Å². The second-order valence-electron chi connectivity index (χ2n) is 5.36. The monoisotopic (exact) mass is 313 g/mol. The number of para-hydroxylation sites is 1. The molecule has 3 unspecified atom stereocenters. The minimum atomic E-state index is -3.20. The van der Waals surface area contributed by atoms with Crippen molar-refractivity contribution in [2.24, 2.45) is 0 Å². The number of hydrogen-bond acceptors (Lipinski definition) is 5. The lowest BCUT2D eigenvalue weighted by Crippen LogP contribution is -2.31. The van der Waals surface area contributed by atoms with Gasteiger partial charge in [0.05, 0.1) is 11.5 Å². The SMILES string of the molecule is CCNC(CC)c1ccccc1OC1CS(=O)(=O)CC1O. The van der Waals surface area contributed by atoms with E-state index in [-0.39, 0.29) is 17.5 Å². The summed E-state index contributed by atoms with van der Waals surface area (Å²) in [5, 5.41) is 13.2. The van der Waals surface area contributed by atoms with Crippen molar-refractivity contribution >= 4 is 9.84 Å². The summed E-state index contributed by atoms with van der Waals surface area (Å²) in [6.45, 7) is 4.96. The lowest BCUT2D eigenvalue weighted by Gasteiger charge is -2.23. The number of rotatable bonds is 6. The Morgan fingerprint density at radius 2 is 2.05 bits per heavy atom. The van der Waals surface area contributed by atoms with Crippen molar-refractivity contribution < 1.29 is 18.3 Å². The van der Waals surface area contributed by atoms with Crippen LogP contribution >= 0.6 is 0 Å². The van der Waals surface area contributed by atoms with E-state index in [9.17, 15) is 13.5 Å². The number of benzene rings is 1. The minimum absolute atomic E-state index is 0.125. The summed E-state index contributed by atoms with van der Waals surface area (Å²) in [7, 11) is -3.20. The molecule has 0 aromatic heterocycles. The van der Waals surface area contributed by atoms with Crippen LogP contribution in [0.5, 0.6) is 5.75 Å². The first kappa shape index (κ1) is 16.3. The molecule has 6 heteroatoms. The summed E-state index contributed by atoms with van der Waals surface area (Å²) in [5.41, 5.74) is 0.998. The van der Waals surface area contributed by atoms with E-state index in [1.807, 2.05) is 31.2 Å². The van der Waals surface area contributed by atoms with Gasteiger partial charge in [-0.15, -0.1) is 0 Å². The van der Waals surface area contributed by atoms with Crippen LogP contribution in [0, 0.1) is 0 Å². The van der Waals surface area contributed by atoms with Gasteiger partial charge in [-0.05, 0) is 19.0 Å². The van der Waals surface area contributed by atoms with Crippen LogP contribution in [-0.2, 0) is 9.84 Å². The molecule has 1 fully saturated rings. The first-order valence-electron chi connectivity index (χ1n) is 7.34. The van der Waals surface area contributed by atoms with Crippen LogP contribution in [0.25, 0.3) is 0 Å². The molecule has 5 nitrogen and oxygen atoms in total. The fourth-order valence-electron chi connectivity index (χ4n) is 2.67. The maximum Gasteiger partial charge on any atom is 0.156 e. The van der Waals surface area contributed by atoms with Gasteiger partial charge in [-0.2, -0.15) is 0 Å². The molecular formula is C15H23NO4S. The molecular weight excluding hydrogens is 290 g/mol. The topological polar surface area (TPSA) is 75.6 Å². The van der Waals surface area contributed by atoms with Crippen LogP contribution < -0.4 is 10.1 Å². The summed E-state index contributed by atoms with van der Waals surface area (Å²) in [6, 6.07) is 7.74. The Morgan fingerprint density at radius 3 is 2.62 bits per heavy atom. The molecule has 1 heterocycles. The van der Waals surface area contributed by atoms with Gasteiger partial charge in [0.2, 0.25) is 0 Å². The predicted molar refractivity (Wildman–Crippen MR) is 82.2 cm³/mol. The third kappa shape index (κ3) is 3.96. The highest BCUT2D eigenvalue weighted by molar-refractivity contribution is 7.91. The van der Waals surface area contributed by atoms with Gasteiger partial charge < -0.3 is 15.2 Å². The van der Waals surface area contributed by atoms with E-state index in [4.69, 9.17) is 4.74 Å². The standard InChI is InChI=1S/C15H23NO4S/c1-3-12(16-4-2)11-7-5-6-8-14(11)20-15-10-21(18,19)9-13(15)17/h5-8,12-13,15-17H,3-4,9-10H2,1-2H3. The Labute approximate surface area is 126 Å². The molecule has 1 aromatic carbocycles. The molecule has 0 aliphatic carbocycles. The number of aliphatic hydroxyl groups excluding tert-OH is 1. The van der Waals surface area contributed by atoms with Crippen LogP contribution in [-0.4, -0.2) is 43.8 Å². The first-order chi connectivity index (χ1) is 9.96. The zero-order valence-corrected chi connectivity index (χ0v) is 13.3. The van der Waals surface area contributed by atoms with Crippen LogP contribution in [0.2, 0.25) is 0 Å². The van der Waals surface area contributed by atoms with Crippen LogP contribution in [0.4, 0.5) is 0 Å². The Morgan fingerprint density at radius 1 is 1.33 bits per heavy atom. The summed E-state index contributed by atoms with van der Waals surface area (Å²) in [6.07, 6.45) is -0.739. The van der Waals surface area contributed by atoms with Gasteiger partial charge in [0.1, 0.15) is 18.0 Å². The largest absolute Gasteiger partial charge is 0.486 e. The van der Waals surface area contributed by atoms with Crippen LogP contribution in [0.1, 0.15) is 31.9 Å². The third-order valence-electron chi connectivity index (χ3n) is 3.70. The molecule has 1 saturated heterocycles. The fourth-order valence-corrected chi connectivity index (χ4v) is 4.33. The zero-order chi connectivity index (χ0) is 15.5. The molecule has 0 radical (unpaired) electrons. The van der Waals surface area contributed by atoms with Crippen molar-refractivity contribution in [2.45, 2.75) is 38.5 Å². The van der Waals surface area contributed by atoms with Crippen molar-refractivity contribution in [3.63, 3.8) is 0 Å². The van der Waals surface area contributed by atoms with Gasteiger partial charge in [-0.25, -0.2) is 8.42 Å². The molecule has 1 aliphatic rings. The fraction of sp³-hybridized carbons (Fsp3) is 0.600. The van der Waals surface area contributed by atoms with Gasteiger partial charge in [-0.1, -0.05) is 32.0 Å². The van der Waals surface area contributed by atoms with E-state index in [0.29, 0.717) is 5.75 Å². The normalized spacial score (nSPS) is 25.7. The van der Waals surface area contributed by atoms with Crippen LogP contribution in [0.3, 0.4) is 0 Å². The van der Waals surface area contributed by atoms with Gasteiger partial charge >= 0.3 is 0 Å². The first-order valence-corrected chi connectivity index (χ1v) is 9.16. The molecule has 1 aliphatic heterocycles. The molecule has 3 atom stereocenters. The molecule has 118 valence electrons. The number of nitrogens with one attached hydrogen (secondary N) is 1. The van der Waals surface area contributed by atoms with E-state index in [1.54, 1.807) is 0 Å². The Bertz CT molecular complexity index is 573. The van der Waals surface area contributed by atoms with Crippen molar-refractivity contribution in [2.75, 3.05) is 18.1 Å². The maximum atomic E-state index is 11.6. The number of hydrogen-bond donors (Lipinski definition) is 2. The van der Waals surface area contributed by atoms with E-state index in [0.717, 1.165) is 18.5 Å². The molecule has 2 rings (SSSR count). The molecule has 21 heavy (non-hydrogen) atoms. The predicted octanol–water partition coefficient (Wildman–Crippen LogP) is 1.28. The highest BCUT2D eigenvalue weighted by Gasteiger charge is 2.38. The Balaban J connectivity index is 2.21. The molecule has 0 saturated carbocycles. The lowest BCUT2D eigenvalue weighted by molar-refractivity contribution is 0.0727. The average molecular weight is 313 g/mol. The van der Waals surface area contributed by atoms with Crippen molar-refractivity contribution in [1.29, 1.82) is 0 Å². The van der Waals surface area contributed by atoms with E-state index in [2.05, 4.69) is 12.2 Å². The minimum Gasteiger partial charge on any atom is -0.486 e. The second kappa shape index (κ2) is 6.77. The van der Waals surface area contributed by atoms with Crippen molar-refractivity contribution in [3.8, 4) is 5.75 Å². The number of ether oxygens (including phenoxy) is 1. The van der Waals surface area contributed by atoms with E-state index in [1.165, 1.54) is 0 Å². The Hall–Kier alpha value is -1.11. The summed E-state index contributed by atoms with van der Waals surface area (Å²) >= 11 is 0. The smallest absolute Gasteiger partial charge is 0.156 e. The van der Waals surface area contributed by atoms with Gasteiger partial charge in [0, 0.05) is 11.6 Å². The van der Waals surface area contributed by atoms with Gasteiger partial charge in [-0.3, -0.25) is 0 Å². The zero-order valence-electron chi connectivity index (χ0n) is 12.5. The summed E-state index contributed by atoms with van der Waals surface area (Å²) in [5.74, 6) is 0.302. The average Bonchev–Trinajstić information content (AvgIpc) is 2.69. The highest BCUT2D eigenvalue weighted by Crippen LogP contribution is 2.29. The number of aliphatic hydroxyl groups is 1. The van der Waals surface area contributed by atoms with Crippen molar-refractivity contribution in [3.05, 3.63) is 29.8 Å². The van der Waals surface area contributed by atoms with Gasteiger partial charge in [0.25, 0.3) is 0 Å². The highest BCUT2D eigenvalue weighted by atomic mass is 32.2. The van der Waals surface area contributed by atoms with Crippen LogP contribution in [0.15, 0.2) is 24.3 Å². The lowest BCUT2D eigenvalue weighted by atomic mass is 10.0. The molecule has 0 amide bonds. The third-order valence-corrected chi connectivity index (χ3v) is 5.39. The second-order valence-corrected chi connectivity index (χ2v) is 7.51. The van der Waals surface area contributed by atoms with E-state index >= 15 is 0 Å². The number of sulfone groups is 1. The van der Waals surface area contributed by atoms with E-state index < -0.39 is 22.0 Å². The molecule has 0 spiro atoms. The quantitative estimate of drug-likeness (QED) is 0.827. The van der Waals surface area contributed by atoms with Crippen molar-refractivity contribution in [1.82, 2.24) is 5.32 Å². The molecule has 0 bridgehead atoms. The Kier molecular flexibility index (Phi) is 5.24. The molecule has 1 aromatic rings.